The highest BCUT2D eigenvalue weighted by Crippen LogP contribution is 2.37. The molecule has 21 heavy (non-hydrogen) atoms. The van der Waals surface area contributed by atoms with Crippen molar-refractivity contribution in [3.63, 3.8) is 0 Å². The molecular weight excluding hydrogens is 256 g/mol. The molecule has 0 spiro atoms. The van der Waals surface area contributed by atoms with E-state index in [2.05, 4.69) is 13.8 Å². The molecule has 1 heteroatoms. The Kier molecular flexibility index (Phi) is 8.14. The van der Waals surface area contributed by atoms with Crippen LogP contribution in [0.3, 0.4) is 0 Å². The Balaban J connectivity index is 1.53. The van der Waals surface area contributed by atoms with E-state index in [4.69, 9.17) is 4.74 Å². The van der Waals surface area contributed by atoms with E-state index in [-0.39, 0.29) is 0 Å². The van der Waals surface area contributed by atoms with Gasteiger partial charge in [0.05, 0.1) is 0 Å². The second kappa shape index (κ2) is 9.87. The van der Waals surface area contributed by atoms with Crippen LogP contribution in [0.2, 0.25) is 0 Å². The molecule has 2 rings (SSSR count). The summed E-state index contributed by atoms with van der Waals surface area (Å²) < 4.78 is 5.73. The molecule has 0 aromatic carbocycles. The van der Waals surface area contributed by atoms with E-state index in [0.717, 1.165) is 43.3 Å². The fraction of sp³-hybridized carbons (Fsp3) is 1.00. The van der Waals surface area contributed by atoms with Gasteiger partial charge >= 0.3 is 0 Å². The van der Waals surface area contributed by atoms with E-state index in [1.54, 1.807) is 0 Å². The van der Waals surface area contributed by atoms with Gasteiger partial charge in [-0.25, -0.2) is 0 Å². The van der Waals surface area contributed by atoms with Gasteiger partial charge in [-0.2, -0.15) is 0 Å². The lowest BCUT2D eigenvalue weighted by molar-refractivity contribution is 0.0763. The first-order valence-corrected chi connectivity index (χ1v) is 9.89. The summed E-state index contributed by atoms with van der Waals surface area (Å²) in [6.07, 6.45) is 17.5. The van der Waals surface area contributed by atoms with Crippen LogP contribution < -0.4 is 0 Å². The molecule has 124 valence electrons. The van der Waals surface area contributed by atoms with Crippen molar-refractivity contribution in [1.82, 2.24) is 0 Å². The minimum atomic E-state index is 0.868. The fourth-order valence-corrected chi connectivity index (χ4v) is 4.48. The second-order valence-electron chi connectivity index (χ2n) is 7.83. The standard InChI is InChI=1S/C20H38O/c1-3-15-21-16-20-13-11-19(12-14-20)10-9-18-7-5-17(4-2)6-8-18/h17-20H,3-16H2,1-2H3/t17-,18-,19?,20?. The molecule has 0 saturated heterocycles. The van der Waals surface area contributed by atoms with Crippen LogP contribution in [0.4, 0.5) is 0 Å². The maximum absolute atomic E-state index is 5.73. The van der Waals surface area contributed by atoms with E-state index >= 15 is 0 Å². The summed E-state index contributed by atoms with van der Waals surface area (Å²) in [5.74, 6) is 4.03. The summed E-state index contributed by atoms with van der Waals surface area (Å²) in [7, 11) is 0. The van der Waals surface area contributed by atoms with Crippen molar-refractivity contribution >= 4 is 0 Å². The monoisotopic (exact) mass is 294 g/mol. The zero-order chi connectivity index (χ0) is 14.9. The van der Waals surface area contributed by atoms with Crippen LogP contribution in [0.25, 0.3) is 0 Å². The van der Waals surface area contributed by atoms with E-state index in [1.807, 2.05) is 0 Å². The van der Waals surface area contributed by atoms with Gasteiger partial charge in [0, 0.05) is 13.2 Å². The Morgan fingerprint density at radius 1 is 0.667 bits per heavy atom. The molecule has 0 unspecified atom stereocenters. The van der Waals surface area contributed by atoms with Gasteiger partial charge < -0.3 is 4.74 Å². The van der Waals surface area contributed by atoms with Gasteiger partial charge in [0.25, 0.3) is 0 Å². The summed E-state index contributed by atoms with van der Waals surface area (Å²) in [4.78, 5) is 0. The highest BCUT2D eigenvalue weighted by Gasteiger charge is 2.24. The van der Waals surface area contributed by atoms with Crippen molar-refractivity contribution in [2.75, 3.05) is 13.2 Å². The van der Waals surface area contributed by atoms with Gasteiger partial charge in [0.15, 0.2) is 0 Å². The molecule has 0 bridgehead atoms. The normalized spacial score (nSPS) is 34.0. The maximum Gasteiger partial charge on any atom is 0.0494 e. The second-order valence-corrected chi connectivity index (χ2v) is 7.83. The minimum Gasteiger partial charge on any atom is -0.381 e. The van der Waals surface area contributed by atoms with Crippen molar-refractivity contribution in [1.29, 1.82) is 0 Å². The molecule has 0 aromatic rings. The summed E-state index contributed by atoms with van der Waals surface area (Å²) >= 11 is 0. The van der Waals surface area contributed by atoms with Gasteiger partial charge in [0.2, 0.25) is 0 Å². The van der Waals surface area contributed by atoms with Crippen molar-refractivity contribution in [3.05, 3.63) is 0 Å². The molecule has 1 nitrogen and oxygen atoms in total. The first-order chi connectivity index (χ1) is 10.3. The Labute approximate surface area is 133 Å². The lowest BCUT2D eigenvalue weighted by Crippen LogP contribution is -2.20. The first-order valence-electron chi connectivity index (χ1n) is 9.89. The zero-order valence-corrected chi connectivity index (χ0v) is 14.6. The van der Waals surface area contributed by atoms with E-state index in [0.29, 0.717) is 0 Å². The number of rotatable bonds is 8. The maximum atomic E-state index is 5.73. The largest absolute Gasteiger partial charge is 0.381 e. The highest BCUT2D eigenvalue weighted by molar-refractivity contribution is 4.76. The van der Waals surface area contributed by atoms with E-state index < -0.39 is 0 Å². The molecule has 2 aliphatic rings. The van der Waals surface area contributed by atoms with Gasteiger partial charge in [0.1, 0.15) is 0 Å². The Bertz CT molecular complexity index is 247. The zero-order valence-electron chi connectivity index (χ0n) is 14.6. The van der Waals surface area contributed by atoms with Crippen LogP contribution in [0.1, 0.15) is 90.9 Å². The van der Waals surface area contributed by atoms with Gasteiger partial charge in [-0.3, -0.25) is 0 Å². The average molecular weight is 295 g/mol. The molecule has 2 aliphatic carbocycles. The van der Waals surface area contributed by atoms with Gasteiger partial charge in [-0.1, -0.05) is 71.6 Å². The number of hydrogen-bond acceptors (Lipinski definition) is 1. The number of hydrogen-bond donors (Lipinski definition) is 0. The SMILES string of the molecule is CCCOCC1CCC(CC[C@H]2CC[C@H](CC)CC2)CC1. The molecule has 2 saturated carbocycles. The number of ether oxygens (including phenoxy) is 1. The summed E-state index contributed by atoms with van der Waals surface area (Å²) in [6.45, 7) is 6.56. The topological polar surface area (TPSA) is 9.23 Å². The molecule has 0 amide bonds. The predicted molar refractivity (Wildman–Crippen MR) is 91.5 cm³/mol. The Hall–Kier alpha value is -0.0400. The van der Waals surface area contributed by atoms with Crippen LogP contribution >= 0.6 is 0 Å². The summed E-state index contributed by atoms with van der Waals surface area (Å²) in [6, 6.07) is 0. The molecule has 0 heterocycles. The fourth-order valence-electron chi connectivity index (χ4n) is 4.48. The summed E-state index contributed by atoms with van der Waals surface area (Å²) in [5.41, 5.74) is 0. The van der Waals surface area contributed by atoms with Crippen LogP contribution in [0, 0.1) is 23.7 Å². The Morgan fingerprint density at radius 2 is 1.14 bits per heavy atom. The molecule has 2 fully saturated rings. The van der Waals surface area contributed by atoms with Crippen LogP contribution in [0.15, 0.2) is 0 Å². The lowest BCUT2D eigenvalue weighted by atomic mass is 9.75. The van der Waals surface area contributed by atoms with Crippen molar-refractivity contribution in [3.8, 4) is 0 Å². The first kappa shape index (κ1) is 17.3. The predicted octanol–water partition coefficient (Wildman–Crippen LogP) is 6.22. The van der Waals surface area contributed by atoms with Crippen LogP contribution in [0.5, 0.6) is 0 Å². The third-order valence-corrected chi connectivity index (χ3v) is 6.20. The molecule has 0 aliphatic heterocycles. The summed E-state index contributed by atoms with van der Waals surface area (Å²) in [5, 5.41) is 0. The molecule has 0 N–H and O–H groups in total. The minimum absolute atomic E-state index is 0.868. The third-order valence-electron chi connectivity index (χ3n) is 6.20. The third kappa shape index (κ3) is 6.30. The van der Waals surface area contributed by atoms with Crippen LogP contribution in [-0.4, -0.2) is 13.2 Å². The molecular formula is C20H38O. The van der Waals surface area contributed by atoms with E-state index in [1.165, 1.54) is 70.6 Å². The average Bonchev–Trinajstić information content (AvgIpc) is 2.55. The smallest absolute Gasteiger partial charge is 0.0494 e. The Morgan fingerprint density at radius 3 is 1.62 bits per heavy atom. The van der Waals surface area contributed by atoms with Crippen LogP contribution in [-0.2, 0) is 4.74 Å². The lowest BCUT2D eigenvalue weighted by Gasteiger charge is -2.31. The highest BCUT2D eigenvalue weighted by atomic mass is 16.5. The van der Waals surface area contributed by atoms with Crippen molar-refractivity contribution in [2.45, 2.75) is 90.9 Å². The molecule has 0 aromatic heterocycles. The molecule has 0 radical (unpaired) electrons. The van der Waals surface area contributed by atoms with Crippen molar-refractivity contribution < 1.29 is 4.74 Å². The van der Waals surface area contributed by atoms with Crippen molar-refractivity contribution in [2.24, 2.45) is 23.7 Å². The quantitative estimate of drug-likeness (QED) is 0.483. The van der Waals surface area contributed by atoms with Gasteiger partial charge in [-0.05, 0) is 42.9 Å². The van der Waals surface area contributed by atoms with Gasteiger partial charge in [-0.15, -0.1) is 0 Å². The molecule has 0 atom stereocenters. The van der Waals surface area contributed by atoms with E-state index in [9.17, 15) is 0 Å².